The number of ketones is 1. The lowest BCUT2D eigenvalue weighted by Crippen LogP contribution is -2.21. The molecule has 2 aromatic heterocycles. The van der Waals surface area contributed by atoms with Crippen LogP contribution in [0, 0.1) is 6.92 Å². The third-order valence-electron chi connectivity index (χ3n) is 5.31. The van der Waals surface area contributed by atoms with Gasteiger partial charge in [0.15, 0.2) is 22.4 Å². The molecular weight excluding hydrogens is 456 g/mol. The van der Waals surface area contributed by atoms with Gasteiger partial charge < -0.3 is 9.47 Å². The van der Waals surface area contributed by atoms with E-state index in [0.29, 0.717) is 32.4 Å². The predicted molar refractivity (Wildman–Crippen MR) is 134 cm³/mol. The molecule has 0 spiro atoms. The van der Waals surface area contributed by atoms with Gasteiger partial charge in [-0.1, -0.05) is 36.9 Å². The van der Waals surface area contributed by atoms with E-state index in [-0.39, 0.29) is 17.1 Å². The predicted octanol–water partition coefficient (Wildman–Crippen LogP) is 5.31. The molecule has 0 unspecified atom stereocenters. The van der Waals surface area contributed by atoms with Crippen molar-refractivity contribution in [3.8, 4) is 17.2 Å². The van der Waals surface area contributed by atoms with Crippen LogP contribution in [0.1, 0.15) is 27.7 Å². The van der Waals surface area contributed by atoms with E-state index < -0.39 is 0 Å². The average Bonchev–Trinajstić information content (AvgIpc) is 3.26. The van der Waals surface area contributed by atoms with Crippen molar-refractivity contribution in [1.82, 2.24) is 9.55 Å². The Morgan fingerprint density at radius 1 is 1.09 bits per heavy atom. The largest absolute Gasteiger partial charge is 0.493 e. The van der Waals surface area contributed by atoms with Crippen LogP contribution in [0.25, 0.3) is 15.9 Å². The number of ether oxygens (including phenoxy) is 2. The fourth-order valence-corrected chi connectivity index (χ4v) is 5.48. The minimum absolute atomic E-state index is 0.0761. The molecule has 170 valence electrons. The van der Waals surface area contributed by atoms with E-state index in [1.807, 2.05) is 43.3 Å². The molecule has 0 radical (unpaired) electrons. The van der Waals surface area contributed by atoms with Gasteiger partial charge in [0, 0.05) is 10.4 Å². The molecule has 0 bridgehead atoms. The number of thiophene rings is 1. The average molecular weight is 481 g/mol. The molecule has 4 aromatic rings. The number of carbonyl (C=O) groups excluding carboxylic acids is 1. The number of carbonyl (C=O) groups is 1. The zero-order valence-electron chi connectivity index (χ0n) is 18.9. The fourth-order valence-electron chi connectivity index (χ4n) is 3.58. The van der Waals surface area contributed by atoms with Gasteiger partial charge in [-0.15, -0.1) is 11.3 Å². The highest BCUT2D eigenvalue weighted by molar-refractivity contribution is 7.99. The monoisotopic (exact) mass is 480 g/mol. The Labute approximate surface area is 200 Å². The normalized spacial score (nSPS) is 11.0. The number of fused-ring (bicyclic) bond motifs is 1. The molecule has 0 aliphatic rings. The van der Waals surface area contributed by atoms with Gasteiger partial charge in [0.25, 0.3) is 5.56 Å². The second-order valence-corrected chi connectivity index (χ2v) is 9.45. The van der Waals surface area contributed by atoms with Crippen molar-refractivity contribution >= 4 is 39.1 Å². The molecule has 6 nitrogen and oxygen atoms in total. The summed E-state index contributed by atoms with van der Waals surface area (Å²) in [7, 11) is 3.10. The zero-order valence-corrected chi connectivity index (χ0v) is 20.5. The van der Waals surface area contributed by atoms with E-state index in [2.05, 4.69) is 6.92 Å². The van der Waals surface area contributed by atoms with Gasteiger partial charge in [-0.2, -0.15) is 0 Å². The van der Waals surface area contributed by atoms with Crippen molar-refractivity contribution in [2.24, 2.45) is 0 Å². The van der Waals surface area contributed by atoms with Crippen LogP contribution in [0.15, 0.2) is 58.5 Å². The van der Waals surface area contributed by atoms with Crippen LogP contribution in [0.4, 0.5) is 0 Å². The summed E-state index contributed by atoms with van der Waals surface area (Å²) in [4.78, 5) is 33.1. The molecule has 4 rings (SSSR count). The smallest absolute Gasteiger partial charge is 0.267 e. The molecule has 0 atom stereocenters. The Kier molecular flexibility index (Phi) is 6.85. The van der Waals surface area contributed by atoms with E-state index >= 15 is 0 Å². The van der Waals surface area contributed by atoms with Gasteiger partial charge in [-0.3, -0.25) is 14.2 Å². The lowest BCUT2D eigenvalue weighted by molar-refractivity contribution is 0.102. The first-order valence-corrected chi connectivity index (χ1v) is 12.3. The SMILES string of the molecule is CCc1cc2c(=O)n(-c3ccccc3)c(SCC(=O)c3cc(OC)c(OC)cc3C)nc2s1. The molecule has 2 heterocycles. The van der Waals surface area contributed by atoms with Gasteiger partial charge >= 0.3 is 0 Å². The molecule has 0 aliphatic carbocycles. The number of aromatic nitrogens is 2. The van der Waals surface area contributed by atoms with Crippen molar-refractivity contribution in [3.63, 3.8) is 0 Å². The zero-order chi connectivity index (χ0) is 23.5. The Balaban J connectivity index is 1.73. The van der Waals surface area contributed by atoms with Crippen molar-refractivity contribution < 1.29 is 14.3 Å². The molecule has 0 aliphatic heterocycles. The maximum atomic E-state index is 13.4. The van der Waals surface area contributed by atoms with E-state index in [0.717, 1.165) is 22.5 Å². The van der Waals surface area contributed by atoms with Crippen LogP contribution in [-0.4, -0.2) is 35.3 Å². The molecule has 0 saturated carbocycles. The number of hydrogen-bond donors (Lipinski definition) is 0. The Morgan fingerprint density at radius 2 is 1.79 bits per heavy atom. The van der Waals surface area contributed by atoms with Gasteiger partial charge in [0.05, 0.1) is 31.0 Å². The lowest BCUT2D eigenvalue weighted by Gasteiger charge is -2.13. The summed E-state index contributed by atoms with van der Waals surface area (Å²) in [5, 5.41) is 1.10. The molecule has 0 saturated heterocycles. The Morgan fingerprint density at radius 3 is 2.45 bits per heavy atom. The van der Waals surface area contributed by atoms with E-state index in [1.165, 1.54) is 23.1 Å². The third-order valence-corrected chi connectivity index (χ3v) is 7.42. The fraction of sp³-hybridized carbons (Fsp3) is 0.240. The van der Waals surface area contributed by atoms with Crippen LogP contribution in [-0.2, 0) is 6.42 Å². The summed E-state index contributed by atoms with van der Waals surface area (Å²) in [6.07, 6.45) is 0.839. The highest BCUT2D eigenvalue weighted by Crippen LogP contribution is 2.32. The van der Waals surface area contributed by atoms with Gasteiger partial charge in [-0.05, 0) is 49.2 Å². The second kappa shape index (κ2) is 9.80. The maximum absolute atomic E-state index is 13.4. The molecule has 0 N–H and O–H groups in total. The van der Waals surface area contributed by atoms with E-state index in [9.17, 15) is 9.59 Å². The summed E-state index contributed by atoms with van der Waals surface area (Å²) in [6, 6.07) is 14.8. The lowest BCUT2D eigenvalue weighted by atomic mass is 10.0. The van der Waals surface area contributed by atoms with Gasteiger partial charge in [-0.25, -0.2) is 4.98 Å². The highest BCUT2D eigenvalue weighted by atomic mass is 32.2. The second-order valence-electron chi connectivity index (χ2n) is 7.39. The first-order valence-electron chi connectivity index (χ1n) is 10.5. The Hall–Kier alpha value is -3.10. The number of hydrogen-bond acceptors (Lipinski definition) is 7. The topological polar surface area (TPSA) is 70.4 Å². The van der Waals surface area contributed by atoms with E-state index in [4.69, 9.17) is 14.5 Å². The molecule has 0 fully saturated rings. The number of Topliss-reactive ketones (excluding diaryl/α,β-unsaturated/α-hetero) is 1. The van der Waals surface area contributed by atoms with Crippen molar-refractivity contribution in [1.29, 1.82) is 0 Å². The van der Waals surface area contributed by atoms with Crippen LogP contribution < -0.4 is 15.0 Å². The van der Waals surface area contributed by atoms with Crippen LogP contribution in [0.5, 0.6) is 11.5 Å². The molecule has 8 heteroatoms. The van der Waals surface area contributed by atoms with Crippen molar-refractivity contribution in [2.75, 3.05) is 20.0 Å². The molecule has 33 heavy (non-hydrogen) atoms. The standard InChI is InChI=1S/C25H24N2O4S2/c1-5-17-12-19-23(33-17)26-25(27(24(19)29)16-9-7-6-8-10-16)32-14-20(28)18-13-22(31-4)21(30-3)11-15(18)2/h6-13H,5,14H2,1-4H3. The van der Waals surface area contributed by atoms with Crippen LogP contribution in [0.2, 0.25) is 0 Å². The first-order chi connectivity index (χ1) is 16.0. The number of nitrogens with zero attached hydrogens (tertiary/aromatic N) is 2. The van der Waals surface area contributed by atoms with Crippen LogP contribution >= 0.6 is 23.1 Å². The minimum atomic E-state index is -0.126. The summed E-state index contributed by atoms with van der Waals surface area (Å²) < 4.78 is 12.3. The number of thioether (sulfide) groups is 1. The van der Waals surface area contributed by atoms with Crippen molar-refractivity contribution in [2.45, 2.75) is 25.4 Å². The van der Waals surface area contributed by atoms with Gasteiger partial charge in [0.1, 0.15) is 4.83 Å². The molecule has 0 amide bonds. The third kappa shape index (κ3) is 4.54. The Bertz CT molecular complexity index is 1380. The number of para-hydroxylation sites is 1. The van der Waals surface area contributed by atoms with Crippen molar-refractivity contribution in [3.05, 3.63) is 74.9 Å². The quantitative estimate of drug-likeness (QED) is 0.193. The maximum Gasteiger partial charge on any atom is 0.267 e. The minimum Gasteiger partial charge on any atom is -0.493 e. The summed E-state index contributed by atoms with van der Waals surface area (Å²) in [5.41, 5.74) is 1.95. The summed E-state index contributed by atoms with van der Waals surface area (Å²) in [6.45, 7) is 3.92. The number of rotatable bonds is 8. The number of aryl methyl sites for hydroxylation is 2. The van der Waals surface area contributed by atoms with Crippen LogP contribution in [0.3, 0.4) is 0 Å². The molecular formula is C25H24N2O4S2. The van der Waals surface area contributed by atoms with Gasteiger partial charge in [0.2, 0.25) is 0 Å². The first kappa shape index (κ1) is 23.1. The molecule has 2 aromatic carbocycles. The number of benzene rings is 2. The summed E-state index contributed by atoms with van der Waals surface area (Å²) >= 11 is 2.78. The summed E-state index contributed by atoms with van der Waals surface area (Å²) in [5.74, 6) is 1.14. The number of methoxy groups -OCH3 is 2. The highest BCUT2D eigenvalue weighted by Gasteiger charge is 2.19. The van der Waals surface area contributed by atoms with E-state index in [1.54, 1.807) is 30.9 Å².